The third kappa shape index (κ3) is 4.76. The average molecular weight is 272 g/mol. The first kappa shape index (κ1) is 15.3. The van der Waals surface area contributed by atoms with Crippen LogP contribution in [0.4, 0.5) is 4.79 Å². The van der Waals surface area contributed by atoms with Crippen LogP contribution in [0.5, 0.6) is 0 Å². The highest BCUT2D eigenvalue weighted by molar-refractivity contribution is 5.84. The van der Waals surface area contributed by atoms with Crippen LogP contribution in [0.2, 0.25) is 0 Å². The summed E-state index contributed by atoms with van der Waals surface area (Å²) in [4.78, 5) is 35.8. The highest BCUT2D eigenvalue weighted by atomic mass is 16.4. The largest absolute Gasteiger partial charge is 0.480 e. The zero-order valence-electron chi connectivity index (χ0n) is 11.0. The molecule has 1 aliphatic rings. The number of likely N-dealkylation sites (tertiary alicyclic amines) is 1. The quantitative estimate of drug-likeness (QED) is 0.767. The fourth-order valence-electron chi connectivity index (χ4n) is 2.25. The molecule has 7 nitrogen and oxygen atoms in total. The predicted octanol–water partition coefficient (Wildman–Crippen LogP) is 0.700. The fourth-order valence-corrected chi connectivity index (χ4v) is 2.25. The molecule has 0 atom stereocenters. The second kappa shape index (κ2) is 6.96. The average Bonchev–Trinajstić information content (AvgIpc) is 2.36. The van der Waals surface area contributed by atoms with Crippen LogP contribution in [0.15, 0.2) is 0 Å². The molecule has 2 N–H and O–H groups in total. The maximum atomic E-state index is 12.1. The van der Waals surface area contributed by atoms with Gasteiger partial charge in [-0.15, -0.1) is 0 Å². The normalized spacial score (nSPS) is 16.2. The smallest absolute Gasteiger partial charge is 0.323 e. The number of hydrogen-bond donors (Lipinski definition) is 2. The van der Waals surface area contributed by atoms with Crippen molar-refractivity contribution in [3.05, 3.63) is 0 Å². The van der Waals surface area contributed by atoms with Gasteiger partial charge in [-0.3, -0.25) is 9.59 Å². The van der Waals surface area contributed by atoms with Crippen molar-refractivity contribution in [2.75, 3.05) is 26.2 Å². The van der Waals surface area contributed by atoms with Crippen molar-refractivity contribution in [1.29, 1.82) is 0 Å². The molecule has 2 amide bonds. The van der Waals surface area contributed by atoms with Crippen LogP contribution in [0.1, 0.15) is 26.2 Å². The van der Waals surface area contributed by atoms with Gasteiger partial charge in [0, 0.05) is 13.1 Å². The highest BCUT2D eigenvalue weighted by Gasteiger charge is 2.27. The fraction of sp³-hybridized carbons (Fsp3) is 0.750. The van der Waals surface area contributed by atoms with Crippen LogP contribution in [0, 0.1) is 5.92 Å². The van der Waals surface area contributed by atoms with Crippen LogP contribution >= 0.6 is 0 Å². The van der Waals surface area contributed by atoms with Crippen molar-refractivity contribution in [2.45, 2.75) is 26.2 Å². The van der Waals surface area contributed by atoms with E-state index in [0.717, 1.165) is 24.2 Å². The van der Waals surface area contributed by atoms with Crippen LogP contribution in [-0.4, -0.2) is 64.2 Å². The van der Waals surface area contributed by atoms with Crippen molar-refractivity contribution in [3.63, 3.8) is 0 Å². The molecule has 0 aliphatic carbocycles. The summed E-state index contributed by atoms with van der Waals surface area (Å²) in [5.41, 5.74) is 0. The van der Waals surface area contributed by atoms with E-state index in [4.69, 9.17) is 10.2 Å². The first-order valence-corrected chi connectivity index (χ1v) is 6.41. The summed E-state index contributed by atoms with van der Waals surface area (Å²) < 4.78 is 0. The number of carbonyl (C=O) groups is 3. The van der Waals surface area contributed by atoms with E-state index in [-0.39, 0.29) is 0 Å². The number of carbonyl (C=O) groups excluding carboxylic acids is 1. The van der Waals surface area contributed by atoms with Gasteiger partial charge < -0.3 is 20.0 Å². The Kier molecular flexibility index (Phi) is 5.59. The van der Waals surface area contributed by atoms with Crippen molar-refractivity contribution in [2.24, 2.45) is 5.92 Å². The predicted molar refractivity (Wildman–Crippen MR) is 66.8 cm³/mol. The molecule has 1 aliphatic heterocycles. The molecule has 108 valence electrons. The van der Waals surface area contributed by atoms with E-state index in [1.54, 1.807) is 0 Å². The molecule has 1 rings (SSSR count). The first-order chi connectivity index (χ1) is 8.93. The second-order valence-corrected chi connectivity index (χ2v) is 4.76. The molecule has 7 heteroatoms. The van der Waals surface area contributed by atoms with Gasteiger partial charge in [-0.25, -0.2) is 4.79 Å². The van der Waals surface area contributed by atoms with Crippen molar-refractivity contribution in [1.82, 2.24) is 9.80 Å². The first-order valence-electron chi connectivity index (χ1n) is 6.41. The third-order valence-electron chi connectivity index (χ3n) is 3.39. The minimum Gasteiger partial charge on any atom is -0.480 e. The molecule has 0 spiro atoms. The van der Waals surface area contributed by atoms with E-state index in [1.807, 2.05) is 0 Å². The Morgan fingerprint density at radius 1 is 1.11 bits per heavy atom. The van der Waals surface area contributed by atoms with Crippen molar-refractivity contribution in [3.8, 4) is 0 Å². The minimum atomic E-state index is -1.21. The number of piperidine rings is 1. The lowest BCUT2D eigenvalue weighted by Gasteiger charge is -2.34. The minimum absolute atomic E-state index is 0.501. The second-order valence-electron chi connectivity index (χ2n) is 4.76. The zero-order chi connectivity index (χ0) is 14.4. The van der Waals surface area contributed by atoms with Crippen LogP contribution in [-0.2, 0) is 9.59 Å². The van der Waals surface area contributed by atoms with E-state index in [0.29, 0.717) is 19.0 Å². The van der Waals surface area contributed by atoms with Crippen LogP contribution < -0.4 is 0 Å². The van der Waals surface area contributed by atoms with Gasteiger partial charge in [-0.1, -0.05) is 13.3 Å². The van der Waals surface area contributed by atoms with Gasteiger partial charge in [0.05, 0.1) is 0 Å². The molecule has 0 saturated carbocycles. The molecular weight excluding hydrogens is 252 g/mol. The zero-order valence-corrected chi connectivity index (χ0v) is 11.0. The van der Waals surface area contributed by atoms with Crippen LogP contribution in [0.3, 0.4) is 0 Å². The van der Waals surface area contributed by atoms with Gasteiger partial charge in [-0.05, 0) is 18.8 Å². The highest BCUT2D eigenvalue weighted by Crippen LogP contribution is 2.20. The summed E-state index contributed by atoms with van der Waals surface area (Å²) in [5.74, 6) is -1.83. The molecule has 19 heavy (non-hydrogen) atoms. The number of aliphatic carboxylic acids is 2. The molecule has 1 saturated heterocycles. The molecule has 0 aromatic rings. The number of urea groups is 1. The van der Waals surface area contributed by atoms with E-state index in [9.17, 15) is 14.4 Å². The lowest BCUT2D eigenvalue weighted by atomic mass is 9.95. The standard InChI is InChI=1S/C12H20N2O5/c1-2-9-3-5-13(6-4-9)12(19)14(7-10(15)16)8-11(17)18/h9H,2-8H2,1H3,(H,15,16)(H,17,18). The molecule has 0 radical (unpaired) electrons. The van der Waals surface area contributed by atoms with Crippen molar-refractivity contribution >= 4 is 18.0 Å². The third-order valence-corrected chi connectivity index (χ3v) is 3.39. The van der Waals surface area contributed by atoms with Gasteiger partial charge in [0.25, 0.3) is 0 Å². The van der Waals surface area contributed by atoms with Crippen LogP contribution in [0.25, 0.3) is 0 Å². The summed E-state index contributed by atoms with van der Waals surface area (Å²) in [7, 11) is 0. The maximum absolute atomic E-state index is 12.1. The Hall–Kier alpha value is -1.79. The van der Waals surface area contributed by atoms with Gasteiger partial charge in [0.1, 0.15) is 13.1 Å². The summed E-state index contributed by atoms with van der Waals surface area (Å²) in [6, 6.07) is -0.501. The van der Waals surface area contributed by atoms with Gasteiger partial charge in [0.2, 0.25) is 0 Å². The Morgan fingerprint density at radius 2 is 1.58 bits per heavy atom. The number of carboxylic acid groups (broad SMARTS) is 2. The lowest BCUT2D eigenvalue weighted by Crippen LogP contribution is -2.49. The summed E-state index contributed by atoms with van der Waals surface area (Å²) in [6.45, 7) is 2.06. The van der Waals surface area contributed by atoms with Crippen molar-refractivity contribution < 1.29 is 24.6 Å². The molecular formula is C12H20N2O5. The molecule has 0 aromatic carbocycles. The number of hydrogen-bond acceptors (Lipinski definition) is 3. The molecule has 1 heterocycles. The lowest BCUT2D eigenvalue weighted by molar-refractivity contribution is -0.140. The Morgan fingerprint density at radius 3 is 1.95 bits per heavy atom. The SMILES string of the molecule is CCC1CCN(C(=O)N(CC(=O)O)CC(=O)O)CC1. The summed E-state index contributed by atoms with van der Waals surface area (Å²) >= 11 is 0. The summed E-state index contributed by atoms with van der Waals surface area (Å²) in [5, 5.41) is 17.4. The van der Waals surface area contributed by atoms with Gasteiger partial charge >= 0.3 is 18.0 Å². The Labute approximate surface area is 111 Å². The van der Waals surface area contributed by atoms with E-state index >= 15 is 0 Å². The molecule has 1 fully saturated rings. The van der Waals surface area contributed by atoms with E-state index in [1.165, 1.54) is 4.90 Å². The molecule has 0 unspecified atom stereocenters. The Bertz CT molecular complexity index is 334. The topological polar surface area (TPSA) is 98.2 Å². The van der Waals surface area contributed by atoms with E-state index in [2.05, 4.69) is 6.92 Å². The van der Waals surface area contributed by atoms with Gasteiger partial charge in [0.15, 0.2) is 0 Å². The number of amides is 2. The number of nitrogens with zero attached hydrogens (tertiary/aromatic N) is 2. The molecule has 0 bridgehead atoms. The number of carboxylic acids is 2. The van der Waals surface area contributed by atoms with E-state index < -0.39 is 31.1 Å². The summed E-state index contributed by atoms with van der Waals surface area (Å²) in [6.07, 6.45) is 2.84. The monoisotopic (exact) mass is 272 g/mol. The molecule has 0 aromatic heterocycles. The van der Waals surface area contributed by atoms with Gasteiger partial charge in [-0.2, -0.15) is 0 Å². The maximum Gasteiger partial charge on any atom is 0.323 e. The Balaban J connectivity index is 2.60. The number of rotatable bonds is 5.